The topological polar surface area (TPSA) is 319 Å². The Hall–Kier alpha value is -9.51. The molecule has 25 heteroatoms. The van der Waals surface area contributed by atoms with E-state index in [9.17, 15) is 60.8 Å². The number of esters is 1. The van der Waals surface area contributed by atoms with Gasteiger partial charge in [-0.05, 0) is 239 Å². The van der Waals surface area contributed by atoms with Gasteiger partial charge >= 0.3 is 5.97 Å². The molecule has 136 heavy (non-hydrogen) atoms. The van der Waals surface area contributed by atoms with E-state index in [0.717, 1.165) is 215 Å². The zero-order chi connectivity index (χ0) is 99.8. The molecule has 0 unspecified atom stereocenters. The minimum absolute atomic E-state index is 0.0452. The molecule has 14 rings (SSSR count). The Balaban J connectivity index is 0.000000236. The van der Waals surface area contributed by atoms with E-state index in [2.05, 4.69) is 45.6 Å². The highest BCUT2D eigenvalue weighted by Crippen LogP contribution is 2.45. The number of rotatable bonds is 47. The highest BCUT2D eigenvalue weighted by Gasteiger charge is 2.47. The SMILES string of the molecule is CCCCS(=O)(=O)Cc1ccccc1.CCCN(C(=O)CC(C)(C)C(=O)CCC1CC1)C1CC1.CCCN(C(=O)CC1(C(N)=O)CCC1)C1CC1.CCCOCc1cccc(C#N)c1.CCN(C(=O)CC(C)(C)C(N)=O)C1CC1.CCN(C(=O)Cc1ccc(F)cc1)C1CC1.CCN(C(=O)Cc1ccccc1)C1CC1.CCN(CC(=O)CC1CC1)C1CC1.CCOC(=O)CCc1ccccc1. The molecule has 5 aromatic rings. The number of nitrogens with zero attached hydrogens (tertiary/aromatic N) is 7. The summed E-state index contributed by atoms with van der Waals surface area (Å²) in [6, 6.07) is 48.0. The van der Waals surface area contributed by atoms with Crippen LogP contribution in [0.1, 0.15) is 322 Å². The molecule has 9 saturated carbocycles. The number of nitrogens with two attached hydrogens (primary N) is 2. The second-order valence-corrected chi connectivity index (χ2v) is 41.7. The van der Waals surface area contributed by atoms with Crippen molar-refractivity contribution < 1.29 is 70.2 Å². The maximum Gasteiger partial charge on any atom is 0.306 e. The number of halogens is 1. The number of unbranched alkanes of at least 4 members (excludes halogenated alkanes) is 1. The Kier molecular flexibility index (Phi) is 51.1. The van der Waals surface area contributed by atoms with E-state index in [4.69, 9.17) is 26.2 Å². The molecule has 0 heterocycles. The van der Waals surface area contributed by atoms with Gasteiger partial charge in [0.1, 0.15) is 17.4 Å². The van der Waals surface area contributed by atoms with Crippen LogP contribution in [-0.4, -0.2) is 198 Å². The molecular formula is C111H166FN9O14S. The van der Waals surface area contributed by atoms with Gasteiger partial charge in [-0.15, -0.1) is 0 Å². The first kappa shape index (κ1) is 115. The van der Waals surface area contributed by atoms with E-state index in [1.165, 1.54) is 69.1 Å². The minimum atomic E-state index is -2.90. The van der Waals surface area contributed by atoms with Gasteiger partial charge in [0.15, 0.2) is 9.84 Å². The lowest BCUT2D eigenvalue weighted by molar-refractivity contribution is -0.144. The van der Waals surface area contributed by atoms with Gasteiger partial charge in [0.05, 0.1) is 66.6 Å². The van der Waals surface area contributed by atoms with Crippen LogP contribution < -0.4 is 11.5 Å². The fourth-order valence-corrected chi connectivity index (χ4v) is 17.7. The van der Waals surface area contributed by atoms with Crippen LogP contribution in [0, 0.1) is 45.2 Å². The van der Waals surface area contributed by atoms with Crippen molar-refractivity contribution in [3.05, 3.63) is 179 Å². The number of benzene rings is 5. The third-order valence-electron chi connectivity index (χ3n) is 25.9. The van der Waals surface area contributed by atoms with E-state index < -0.39 is 32.0 Å². The van der Waals surface area contributed by atoms with E-state index in [0.29, 0.717) is 99.0 Å². The summed E-state index contributed by atoms with van der Waals surface area (Å²) in [5, 5.41) is 8.64. The van der Waals surface area contributed by atoms with Gasteiger partial charge in [-0.1, -0.05) is 203 Å². The molecule has 0 atom stereocenters. The first-order valence-electron chi connectivity index (χ1n) is 51.2. The third-order valence-corrected chi connectivity index (χ3v) is 27.6. The van der Waals surface area contributed by atoms with Crippen LogP contribution in [-0.2, 0) is 98.9 Å². The molecule has 0 spiro atoms. The summed E-state index contributed by atoms with van der Waals surface area (Å²) in [5.74, 6) is 2.45. The number of primary amides is 2. The summed E-state index contributed by atoms with van der Waals surface area (Å²) < 4.78 is 46.0. The summed E-state index contributed by atoms with van der Waals surface area (Å²) in [7, 11) is -2.90. The maximum absolute atomic E-state index is 12.7. The fourth-order valence-electron chi connectivity index (χ4n) is 16.2. The standard InChI is InChI=1S/C17H29NO2.C13H16FNO.C13H22N2O2.C13H17NO.C11H20N2O2.C11H19NO.C11H13NO.C11H16O2S.C11H14O2/c1-4-11-18(14-8-9-14)16(20)12-17(2,3)15(19)10-7-13-5-6-13;1-2-15(12-7-8-12)13(16)9-10-3-5-11(14)6-4-10;1-2-8-15(10-4-5-10)11(16)9-13(12(14)17)6-3-7-13;1-2-14(12-8-9-12)13(15)10-11-6-4-3-5-7-11;1-4-13(8-5-6-8)9(14)7-11(2,3)10(12)15;1-2-12(10-5-6-10)8-11(13)7-9-3-4-9;1-2-6-13-9-11-5-3-4-10(7-11)8-12;1-2-3-9-14(12,13)10-11-7-5-4-6-8-11;1-2-13-11(12)9-8-10-6-4-3-5-7-10/h13-14H,4-12H2,1-3H3;3-6,12H,2,7-9H2,1H3;10H,2-9H2,1H3,(H2,14,17);3-7,12H,2,8-10H2,1H3;8H,4-7H2,1-3H3,(H2,12,15);9-10H,2-8H2,1H3;3-5,7H,2,6,9H2,1H3;4-8H,2-3,9-10H2,1H3;3-7H,2,8-9H2,1H3. The molecule has 752 valence electrons. The van der Waals surface area contributed by atoms with Crippen molar-refractivity contribution in [3.63, 3.8) is 0 Å². The van der Waals surface area contributed by atoms with Crippen LogP contribution in [0.5, 0.6) is 0 Å². The molecular weight excluding hydrogens is 1730 g/mol. The van der Waals surface area contributed by atoms with Crippen molar-refractivity contribution in [3.8, 4) is 6.07 Å². The van der Waals surface area contributed by atoms with Crippen LogP contribution in [0.4, 0.5) is 4.39 Å². The lowest BCUT2D eigenvalue weighted by Gasteiger charge is -2.39. The molecule has 0 saturated heterocycles. The number of carbonyl (C=O) groups excluding carboxylic acids is 10. The Morgan fingerprint density at radius 1 is 0.485 bits per heavy atom. The van der Waals surface area contributed by atoms with Gasteiger partial charge in [0.25, 0.3) is 0 Å². The smallest absolute Gasteiger partial charge is 0.306 e. The zero-order valence-corrected chi connectivity index (χ0v) is 85.5. The summed E-state index contributed by atoms with van der Waals surface area (Å²) >= 11 is 0. The average molecular weight is 1900 g/mol. The first-order valence-corrected chi connectivity index (χ1v) is 53.0. The summed E-state index contributed by atoms with van der Waals surface area (Å²) in [6.45, 7) is 33.2. The molecule has 4 N–H and O–H groups in total. The number of nitriles is 1. The van der Waals surface area contributed by atoms with Gasteiger partial charge in [-0.2, -0.15) is 5.26 Å². The number of carbonyl (C=O) groups is 10. The van der Waals surface area contributed by atoms with Crippen molar-refractivity contribution in [1.29, 1.82) is 5.26 Å². The van der Waals surface area contributed by atoms with Gasteiger partial charge in [0, 0.05) is 120 Å². The Labute approximate surface area is 814 Å². The van der Waals surface area contributed by atoms with Gasteiger partial charge in [-0.25, -0.2) is 12.8 Å². The quantitative estimate of drug-likeness (QED) is 0.0270. The number of ketones is 2. The highest BCUT2D eigenvalue weighted by atomic mass is 32.2. The van der Waals surface area contributed by atoms with Crippen molar-refractivity contribution >= 4 is 68.7 Å². The number of hydrogen-bond donors (Lipinski definition) is 2. The Morgan fingerprint density at radius 3 is 1.35 bits per heavy atom. The lowest BCUT2D eigenvalue weighted by atomic mass is 9.66. The van der Waals surface area contributed by atoms with Crippen LogP contribution in [0.3, 0.4) is 0 Å². The first-order chi connectivity index (χ1) is 65.0. The molecule has 9 fully saturated rings. The van der Waals surface area contributed by atoms with Gasteiger partial charge in [0.2, 0.25) is 41.4 Å². The van der Waals surface area contributed by atoms with Gasteiger partial charge < -0.3 is 45.4 Å². The number of ether oxygens (including phenoxy) is 2. The van der Waals surface area contributed by atoms with E-state index in [1.54, 1.807) is 32.0 Å². The lowest BCUT2D eigenvalue weighted by Crippen LogP contribution is -2.47. The van der Waals surface area contributed by atoms with E-state index in [1.807, 2.05) is 175 Å². The Morgan fingerprint density at radius 2 is 0.934 bits per heavy atom. The molecule has 5 aromatic carbocycles. The number of sulfone groups is 1. The summed E-state index contributed by atoms with van der Waals surface area (Å²) in [6.07, 6.45) is 32.0. The molecule has 0 aliphatic heterocycles. The fraction of sp³-hybridized carbons (Fsp3) is 0.631. The van der Waals surface area contributed by atoms with Gasteiger partial charge in [-0.3, -0.25) is 52.8 Å². The monoisotopic (exact) mass is 1900 g/mol. The molecule has 9 aliphatic rings. The highest BCUT2D eigenvalue weighted by molar-refractivity contribution is 7.90. The third kappa shape index (κ3) is 45.8. The van der Waals surface area contributed by atoms with E-state index >= 15 is 0 Å². The Bertz CT molecular complexity index is 4590. The van der Waals surface area contributed by atoms with Crippen LogP contribution >= 0.6 is 0 Å². The molecule has 0 bridgehead atoms. The van der Waals surface area contributed by atoms with Crippen LogP contribution in [0.2, 0.25) is 0 Å². The molecule has 9 aliphatic carbocycles. The van der Waals surface area contributed by atoms with Crippen molar-refractivity contribution in [1.82, 2.24) is 29.4 Å². The average Bonchev–Trinajstić information content (AvgIpc) is 1.79. The minimum Gasteiger partial charge on any atom is -0.466 e. The van der Waals surface area contributed by atoms with Crippen LogP contribution in [0.25, 0.3) is 0 Å². The van der Waals surface area contributed by atoms with Crippen molar-refractivity contribution in [2.24, 2.45) is 39.5 Å². The van der Waals surface area contributed by atoms with E-state index in [-0.39, 0.29) is 65.2 Å². The second-order valence-electron chi connectivity index (χ2n) is 39.5. The van der Waals surface area contributed by atoms with Crippen molar-refractivity contribution in [2.45, 2.75) is 357 Å². The molecule has 7 amide bonds. The summed E-state index contributed by atoms with van der Waals surface area (Å²) in [5.41, 5.74) is 14.7. The number of hydrogen-bond acceptors (Lipinski definition) is 16. The maximum atomic E-state index is 12.7. The molecule has 0 radical (unpaired) electrons. The summed E-state index contributed by atoms with van der Waals surface area (Å²) in [4.78, 5) is 130. The number of amides is 7. The second kappa shape index (κ2) is 60.4. The zero-order valence-electron chi connectivity index (χ0n) is 84.7. The number of likely N-dealkylation sites (N-methyl/N-ethyl adjacent to an activating group) is 3. The van der Waals surface area contributed by atoms with Crippen molar-refractivity contribution in [2.75, 3.05) is 64.8 Å². The normalized spacial score (nSPS) is 15.8. The van der Waals surface area contributed by atoms with Crippen LogP contribution in [0.15, 0.2) is 140 Å². The number of Topliss-reactive ketones (excluding diaryl/α,β-unsaturated/α-hetero) is 2. The molecule has 0 aromatic heterocycles. The predicted octanol–water partition coefficient (Wildman–Crippen LogP) is 19.4. The largest absolute Gasteiger partial charge is 0.466 e. The number of aryl methyl sites for hydroxylation is 1. The predicted molar refractivity (Wildman–Crippen MR) is 539 cm³/mol. The molecule has 23 nitrogen and oxygen atoms in total.